The van der Waals surface area contributed by atoms with Crippen LogP contribution in [-0.2, 0) is 28.6 Å². The van der Waals surface area contributed by atoms with E-state index in [4.69, 9.17) is 14.2 Å². The summed E-state index contributed by atoms with van der Waals surface area (Å²) in [6, 6.07) is 0. The zero-order chi connectivity index (χ0) is 55.0. The zero-order valence-corrected chi connectivity index (χ0v) is 51.0. The number of carbonyl (C=O) groups is 3. The van der Waals surface area contributed by atoms with Crippen molar-refractivity contribution in [2.45, 2.75) is 367 Å². The molecule has 0 bridgehead atoms. The van der Waals surface area contributed by atoms with E-state index in [0.717, 1.165) is 77.0 Å². The molecule has 6 heteroatoms. The summed E-state index contributed by atoms with van der Waals surface area (Å²) in [5.74, 6) is -0.872. The highest BCUT2D eigenvalue weighted by Gasteiger charge is 2.19. The van der Waals surface area contributed by atoms with Crippen LogP contribution in [0.15, 0.2) is 48.6 Å². The van der Waals surface area contributed by atoms with E-state index in [1.54, 1.807) is 0 Å². The molecule has 76 heavy (non-hydrogen) atoms. The van der Waals surface area contributed by atoms with Crippen LogP contribution >= 0.6 is 0 Å². The van der Waals surface area contributed by atoms with Crippen molar-refractivity contribution in [1.82, 2.24) is 0 Å². The molecule has 0 aliphatic rings. The molecular formula is C70H128O6. The number of rotatable bonds is 62. The van der Waals surface area contributed by atoms with Gasteiger partial charge in [-0.25, -0.2) is 0 Å². The van der Waals surface area contributed by atoms with Crippen molar-refractivity contribution in [2.75, 3.05) is 13.2 Å². The van der Waals surface area contributed by atoms with E-state index < -0.39 is 6.10 Å². The lowest BCUT2D eigenvalue weighted by Crippen LogP contribution is -2.30. The molecule has 0 aromatic rings. The molecule has 0 heterocycles. The molecule has 6 nitrogen and oxygen atoms in total. The molecule has 1 unspecified atom stereocenters. The molecule has 0 aromatic carbocycles. The molecule has 0 N–H and O–H groups in total. The fourth-order valence-electron chi connectivity index (χ4n) is 9.94. The van der Waals surface area contributed by atoms with Crippen molar-refractivity contribution in [3.05, 3.63) is 48.6 Å². The van der Waals surface area contributed by atoms with Crippen LogP contribution in [0.2, 0.25) is 0 Å². The number of unbranched alkanes of at least 4 members (excludes halogenated alkanes) is 43. The minimum absolute atomic E-state index is 0.0763. The zero-order valence-electron chi connectivity index (χ0n) is 51.0. The SMILES string of the molecule is CCCCCC/C=C\C/C=C\CCCCCCCCCC(=O)OC(COC(=O)CCCCCCC/C=C\CCCCCCCC)COC(=O)CCCCCCCCCCCCCCC/C=C\CCCCCCCCCC. The Labute approximate surface area is 473 Å². The van der Waals surface area contributed by atoms with E-state index in [1.807, 2.05) is 0 Å². The molecule has 0 rings (SSSR count). The molecule has 0 saturated heterocycles. The molecule has 444 valence electrons. The maximum atomic E-state index is 12.9. The Balaban J connectivity index is 4.29. The molecule has 1 atom stereocenters. The summed E-state index contributed by atoms with van der Waals surface area (Å²) in [7, 11) is 0. The normalized spacial score (nSPS) is 12.3. The second-order valence-electron chi connectivity index (χ2n) is 22.7. The second kappa shape index (κ2) is 64.9. The third kappa shape index (κ3) is 62.2. The van der Waals surface area contributed by atoms with Gasteiger partial charge in [-0.15, -0.1) is 0 Å². The number of esters is 3. The Hall–Kier alpha value is -2.63. The van der Waals surface area contributed by atoms with Gasteiger partial charge < -0.3 is 14.2 Å². The van der Waals surface area contributed by atoms with Crippen LogP contribution in [0, 0.1) is 0 Å². The number of hydrogen-bond acceptors (Lipinski definition) is 6. The third-order valence-corrected chi connectivity index (χ3v) is 15.0. The minimum atomic E-state index is -0.781. The number of ether oxygens (including phenoxy) is 3. The van der Waals surface area contributed by atoms with Gasteiger partial charge >= 0.3 is 17.9 Å². The Bertz CT molecular complexity index is 1310. The molecule has 0 spiro atoms. The predicted molar refractivity (Wildman–Crippen MR) is 330 cm³/mol. The average molecular weight is 1070 g/mol. The van der Waals surface area contributed by atoms with Gasteiger partial charge in [-0.2, -0.15) is 0 Å². The van der Waals surface area contributed by atoms with E-state index >= 15 is 0 Å². The maximum Gasteiger partial charge on any atom is 0.306 e. The van der Waals surface area contributed by atoms with Gasteiger partial charge in [0.15, 0.2) is 6.10 Å². The van der Waals surface area contributed by atoms with Crippen molar-refractivity contribution < 1.29 is 28.6 Å². The average Bonchev–Trinajstić information content (AvgIpc) is 3.42. The summed E-state index contributed by atoms with van der Waals surface area (Å²) in [5, 5.41) is 0. The van der Waals surface area contributed by atoms with Gasteiger partial charge in [-0.1, -0.05) is 288 Å². The third-order valence-electron chi connectivity index (χ3n) is 15.0. The lowest BCUT2D eigenvalue weighted by atomic mass is 10.0. The molecular weight excluding hydrogens is 937 g/mol. The maximum absolute atomic E-state index is 12.9. The van der Waals surface area contributed by atoms with Gasteiger partial charge in [0.05, 0.1) is 0 Å². The van der Waals surface area contributed by atoms with Crippen LogP contribution in [0.25, 0.3) is 0 Å². The van der Waals surface area contributed by atoms with Crippen molar-refractivity contribution in [3.63, 3.8) is 0 Å². The summed E-state index contributed by atoms with van der Waals surface area (Å²) in [4.78, 5) is 38.4. The monoisotopic (exact) mass is 1060 g/mol. The first-order valence-corrected chi connectivity index (χ1v) is 33.6. The molecule has 0 aliphatic heterocycles. The van der Waals surface area contributed by atoms with Gasteiger partial charge in [0.25, 0.3) is 0 Å². The van der Waals surface area contributed by atoms with Gasteiger partial charge in [-0.05, 0) is 103 Å². The first kappa shape index (κ1) is 73.4. The van der Waals surface area contributed by atoms with E-state index in [0.29, 0.717) is 19.3 Å². The van der Waals surface area contributed by atoms with E-state index in [9.17, 15) is 14.4 Å². The fraction of sp³-hybridized carbons (Fsp3) is 0.843. The van der Waals surface area contributed by atoms with Gasteiger partial charge in [0, 0.05) is 19.3 Å². The highest BCUT2D eigenvalue weighted by molar-refractivity contribution is 5.71. The predicted octanol–water partition coefficient (Wildman–Crippen LogP) is 22.9. The number of allylic oxidation sites excluding steroid dienone is 8. The molecule has 0 aromatic heterocycles. The van der Waals surface area contributed by atoms with Crippen LogP contribution < -0.4 is 0 Å². The summed E-state index contributed by atoms with van der Waals surface area (Å²) < 4.78 is 17.0. The summed E-state index contributed by atoms with van der Waals surface area (Å²) in [6.07, 6.45) is 81.2. The first-order chi connectivity index (χ1) is 37.5. The van der Waals surface area contributed by atoms with Crippen molar-refractivity contribution in [3.8, 4) is 0 Å². The Morgan fingerprint density at radius 3 is 0.750 bits per heavy atom. The molecule has 0 amide bonds. The highest BCUT2D eigenvalue weighted by Crippen LogP contribution is 2.17. The molecule has 0 saturated carbocycles. The Kier molecular flexibility index (Phi) is 62.6. The topological polar surface area (TPSA) is 78.9 Å². The van der Waals surface area contributed by atoms with E-state index in [-0.39, 0.29) is 31.1 Å². The molecule has 0 radical (unpaired) electrons. The van der Waals surface area contributed by atoms with Gasteiger partial charge in [0.2, 0.25) is 0 Å². The smallest absolute Gasteiger partial charge is 0.306 e. The molecule has 0 fully saturated rings. The van der Waals surface area contributed by atoms with Gasteiger partial charge in [-0.3, -0.25) is 14.4 Å². The van der Waals surface area contributed by atoms with Crippen molar-refractivity contribution >= 4 is 17.9 Å². The minimum Gasteiger partial charge on any atom is -0.462 e. The highest BCUT2D eigenvalue weighted by atomic mass is 16.6. The molecule has 0 aliphatic carbocycles. The second-order valence-corrected chi connectivity index (χ2v) is 22.7. The van der Waals surface area contributed by atoms with Crippen LogP contribution in [0.4, 0.5) is 0 Å². The summed E-state index contributed by atoms with van der Waals surface area (Å²) in [6.45, 7) is 6.66. The summed E-state index contributed by atoms with van der Waals surface area (Å²) >= 11 is 0. The van der Waals surface area contributed by atoms with Crippen LogP contribution in [0.3, 0.4) is 0 Å². The Morgan fingerprint density at radius 2 is 0.474 bits per heavy atom. The van der Waals surface area contributed by atoms with E-state index in [2.05, 4.69) is 69.4 Å². The number of hydrogen-bond donors (Lipinski definition) is 0. The standard InChI is InChI=1S/C70H128O6/c1-4-7-10-13-16-19-22-25-28-30-32-33-34-35-36-37-38-40-42-45-48-51-54-57-60-63-69(72)75-66-67(65-74-68(71)62-59-56-53-50-47-44-41-27-24-21-18-15-12-9-6-3)76-70(73)64-61-58-55-52-49-46-43-39-31-29-26-23-20-17-14-11-8-5-2/h20,23,27,29-32,41,67H,4-19,21-22,24-26,28,33-40,42-66H2,1-3H3/b23-20-,31-29-,32-30-,41-27-. The van der Waals surface area contributed by atoms with Crippen molar-refractivity contribution in [1.29, 1.82) is 0 Å². The first-order valence-electron chi connectivity index (χ1n) is 33.6. The van der Waals surface area contributed by atoms with Crippen LogP contribution in [0.1, 0.15) is 361 Å². The lowest BCUT2D eigenvalue weighted by Gasteiger charge is -2.18. The Morgan fingerprint density at radius 1 is 0.263 bits per heavy atom. The number of carbonyl (C=O) groups excluding carboxylic acids is 3. The largest absolute Gasteiger partial charge is 0.462 e. The lowest BCUT2D eigenvalue weighted by molar-refractivity contribution is -0.167. The fourth-order valence-corrected chi connectivity index (χ4v) is 9.94. The van der Waals surface area contributed by atoms with E-state index in [1.165, 1.54) is 244 Å². The summed E-state index contributed by atoms with van der Waals surface area (Å²) in [5.41, 5.74) is 0. The van der Waals surface area contributed by atoms with Crippen molar-refractivity contribution in [2.24, 2.45) is 0 Å². The quantitative estimate of drug-likeness (QED) is 0.0261. The van der Waals surface area contributed by atoms with Crippen LogP contribution in [0.5, 0.6) is 0 Å². The van der Waals surface area contributed by atoms with Gasteiger partial charge in [0.1, 0.15) is 13.2 Å². The van der Waals surface area contributed by atoms with Crippen LogP contribution in [-0.4, -0.2) is 37.2 Å².